The van der Waals surface area contributed by atoms with Gasteiger partial charge in [-0.3, -0.25) is 0 Å². The van der Waals surface area contributed by atoms with Gasteiger partial charge in [0.2, 0.25) is 0 Å². The maximum absolute atomic E-state index is 13.8. The van der Waals surface area contributed by atoms with Gasteiger partial charge in [0.25, 0.3) is 0 Å². The SMILES string of the molecule is CC(Nc1ccc(Br)c(Cl)c1Cl)c1ccc(O)cc1F. The smallest absolute Gasteiger partial charge is 0.132 e. The van der Waals surface area contributed by atoms with Crippen molar-refractivity contribution in [3.63, 3.8) is 0 Å². The number of hydrogen-bond acceptors (Lipinski definition) is 2. The molecule has 0 saturated heterocycles. The molecule has 0 bridgehead atoms. The van der Waals surface area contributed by atoms with Gasteiger partial charge in [-0.25, -0.2) is 4.39 Å². The second kappa shape index (κ2) is 6.20. The molecule has 0 saturated carbocycles. The van der Waals surface area contributed by atoms with Gasteiger partial charge in [0.1, 0.15) is 11.6 Å². The highest BCUT2D eigenvalue weighted by molar-refractivity contribution is 9.10. The van der Waals surface area contributed by atoms with E-state index in [4.69, 9.17) is 23.2 Å². The minimum atomic E-state index is -0.482. The Kier molecular flexibility index (Phi) is 4.78. The average molecular weight is 379 g/mol. The van der Waals surface area contributed by atoms with Gasteiger partial charge >= 0.3 is 0 Å². The van der Waals surface area contributed by atoms with E-state index in [0.717, 1.165) is 6.07 Å². The minimum absolute atomic E-state index is 0.108. The molecular weight excluding hydrogens is 368 g/mol. The molecule has 2 aromatic rings. The summed E-state index contributed by atoms with van der Waals surface area (Å²) in [6.45, 7) is 1.79. The zero-order valence-electron chi connectivity index (χ0n) is 10.4. The lowest BCUT2D eigenvalue weighted by Gasteiger charge is -2.18. The van der Waals surface area contributed by atoms with E-state index in [1.807, 2.05) is 0 Å². The summed E-state index contributed by atoms with van der Waals surface area (Å²) in [4.78, 5) is 0. The van der Waals surface area contributed by atoms with Gasteiger partial charge in [0.15, 0.2) is 0 Å². The van der Waals surface area contributed by atoms with Crippen LogP contribution < -0.4 is 5.32 Å². The number of nitrogens with one attached hydrogen (secondary N) is 1. The van der Waals surface area contributed by atoms with Crippen molar-refractivity contribution in [1.82, 2.24) is 0 Å². The summed E-state index contributed by atoms with van der Waals surface area (Å²) < 4.78 is 14.5. The summed E-state index contributed by atoms with van der Waals surface area (Å²) in [7, 11) is 0. The van der Waals surface area contributed by atoms with E-state index in [2.05, 4.69) is 21.2 Å². The van der Waals surface area contributed by atoms with Crippen LogP contribution in [0.2, 0.25) is 10.0 Å². The van der Waals surface area contributed by atoms with E-state index in [9.17, 15) is 9.50 Å². The summed E-state index contributed by atoms with van der Waals surface area (Å²) in [5, 5.41) is 13.1. The first-order valence-corrected chi connectivity index (χ1v) is 7.33. The number of hydrogen-bond donors (Lipinski definition) is 2. The molecule has 2 N–H and O–H groups in total. The van der Waals surface area contributed by atoms with Crippen LogP contribution in [-0.4, -0.2) is 5.11 Å². The highest BCUT2D eigenvalue weighted by Crippen LogP contribution is 2.37. The maximum atomic E-state index is 13.8. The van der Waals surface area contributed by atoms with Crippen LogP contribution in [-0.2, 0) is 0 Å². The monoisotopic (exact) mass is 377 g/mol. The lowest BCUT2D eigenvalue weighted by atomic mass is 10.1. The molecule has 6 heteroatoms. The fraction of sp³-hybridized carbons (Fsp3) is 0.143. The van der Waals surface area contributed by atoms with Crippen molar-refractivity contribution < 1.29 is 9.50 Å². The number of anilines is 1. The predicted molar refractivity (Wildman–Crippen MR) is 84.3 cm³/mol. The summed E-state index contributed by atoms with van der Waals surface area (Å²) in [5.74, 6) is -0.590. The van der Waals surface area contributed by atoms with Crippen LogP contribution in [0.4, 0.5) is 10.1 Å². The minimum Gasteiger partial charge on any atom is -0.508 e. The Labute approximate surface area is 134 Å². The lowest BCUT2D eigenvalue weighted by molar-refractivity contribution is 0.467. The molecule has 0 aliphatic heterocycles. The molecule has 20 heavy (non-hydrogen) atoms. The van der Waals surface area contributed by atoms with E-state index in [-0.39, 0.29) is 11.8 Å². The van der Waals surface area contributed by atoms with Gasteiger partial charge in [0, 0.05) is 16.1 Å². The molecule has 1 atom stereocenters. The molecular formula is C14H11BrCl2FNO. The van der Waals surface area contributed by atoms with Gasteiger partial charge < -0.3 is 10.4 Å². The Morgan fingerprint density at radius 3 is 2.55 bits per heavy atom. The standard InChI is InChI=1S/C14H11BrCl2FNO/c1-7(9-3-2-8(20)6-11(9)18)19-12-5-4-10(15)13(16)14(12)17/h2-7,19-20H,1H3. The Morgan fingerprint density at radius 1 is 1.20 bits per heavy atom. The van der Waals surface area contributed by atoms with Gasteiger partial charge in [-0.2, -0.15) is 0 Å². The van der Waals surface area contributed by atoms with Crippen molar-refractivity contribution in [3.8, 4) is 5.75 Å². The average Bonchev–Trinajstić information content (AvgIpc) is 2.39. The normalized spacial score (nSPS) is 12.2. The van der Waals surface area contributed by atoms with Crippen LogP contribution in [0.15, 0.2) is 34.8 Å². The number of rotatable bonds is 3. The topological polar surface area (TPSA) is 32.3 Å². The van der Waals surface area contributed by atoms with Crippen LogP contribution in [0, 0.1) is 5.82 Å². The molecule has 0 fully saturated rings. The number of benzene rings is 2. The molecule has 2 rings (SSSR count). The quantitative estimate of drug-likeness (QED) is 0.664. The summed E-state index contributed by atoms with van der Waals surface area (Å²) in [5.41, 5.74) is 1.04. The Morgan fingerprint density at radius 2 is 1.90 bits per heavy atom. The van der Waals surface area contributed by atoms with E-state index in [1.165, 1.54) is 12.1 Å². The van der Waals surface area contributed by atoms with Crippen LogP contribution >= 0.6 is 39.1 Å². The molecule has 1 unspecified atom stereocenters. The fourth-order valence-corrected chi connectivity index (χ4v) is 2.64. The maximum Gasteiger partial charge on any atom is 0.132 e. The van der Waals surface area contributed by atoms with Crippen molar-refractivity contribution in [2.45, 2.75) is 13.0 Å². The van der Waals surface area contributed by atoms with Gasteiger partial charge in [-0.1, -0.05) is 29.3 Å². The van der Waals surface area contributed by atoms with Crippen LogP contribution in [0.1, 0.15) is 18.5 Å². The van der Waals surface area contributed by atoms with Gasteiger partial charge in [-0.15, -0.1) is 0 Å². The summed E-state index contributed by atoms with van der Waals surface area (Å²) in [6, 6.07) is 7.22. The van der Waals surface area contributed by atoms with Gasteiger partial charge in [-0.05, 0) is 41.1 Å². The summed E-state index contributed by atoms with van der Waals surface area (Å²) in [6.07, 6.45) is 0. The van der Waals surface area contributed by atoms with E-state index >= 15 is 0 Å². The molecule has 0 aliphatic carbocycles. The zero-order valence-corrected chi connectivity index (χ0v) is 13.5. The molecule has 0 amide bonds. The van der Waals surface area contributed by atoms with Crippen molar-refractivity contribution in [3.05, 3.63) is 56.2 Å². The molecule has 0 spiro atoms. The van der Waals surface area contributed by atoms with Crippen LogP contribution in [0.3, 0.4) is 0 Å². The van der Waals surface area contributed by atoms with E-state index < -0.39 is 5.82 Å². The molecule has 0 heterocycles. The predicted octanol–water partition coefficient (Wildman–Crippen LogP) is 5.77. The highest BCUT2D eigenvalue weighted by Gasteiger charge is 2.14. The van der Waals surface area contributed by atoms with E-state index in [0.29, 0.717) is 25.8 Å². The van der Waals surface area contributed by atoms with Crippen molar-refractivity contribution in [2.75, 3.05) is 5.32 Å². The summed E-state index contributed by atoms with van der Waals surface area (Å²) >= 11 is 15.5. The number of aromatic hydroxyl groups is 1. The third kappa shape index (κ3) is 3.19. The molecule has 0 aliphatic rings. The molecule has 106 valence electrons. The first-order valence-electron chi connectivity index (χ1n) is 5.78. The highest BCUT2D eigenvalue weighted by atomic mass is 79.9. The van der Waals surface area contributed by atoms with E-state index in [1.54, 1.807) is 19.1 Å². The Balaban J connectivity index is 2.28. The van der Waals surface area contributed by atoms with Gasteiger partial charge in [0.05, 0.1) is 21.8 Å². The third-order valence-corrected chi connectivity index (χ3v) is 4.63. The largest absolute Gasteiger partial charge is 0.508 e. The zero-order chi connectivity index (χ0) is 14.9. The van der Waals surface area contributed by atoms with Crippen molar-refractivity contribution in [1.29, 1.82) is 0 Å². The first-order chi connectivity index (χ1) is 9.40. The first kappa shape index (κ1) is 15.4. The molecule has 2 nitrogen and oxygen atoms in total. The Bertz CT molecular complexity index is 651. The number of halogens is 4. The third-order valence-electron chi connectivity index (χ3n) is 2.86. The number of phenols is 1. The van der Waals surface area contributed by atoms with Crippen LogP contribution in [0.5, 0.6) is 5.75 Å². The van der Waals surface area contributed by atoms with Crippen molar-refractivity contribution in [2.24, 2.45) is 0 Å². The molecule has 0 aromatic heterocycles. The molecule has 2 aromatic carbocycles. The van der Waals surface area contributed by atoms with Crippen LogP contribution in [0.25, 0.3) is 0 Å². The molecule has 0 radical (unpaired) electrons. The van der Waals surface area contributed by atoms with Crippen molar-refractivity contribution >= 4 is 44.8 Å². The lowest BCUT2D eigenvalue weighted by Crippen LogP contribution is -2.09. The second-order valence-corrected chi connectivity index (χ2v) is 5.91. The fourth-order valence-electron chi connectivity index (χ4n) is 1.82. The Hall–Kier alpha value is -0.970. The number of phenolic OH excluding ortho intramolecular Hbond substituents is 1. The second-order valence-electron chi connectivity index (χ2n) is 4.29.